The second-order valence-electron chi connectivity index (χ2n) is 3.10. The van der Waals surface area contributed by atoms with E-state index in [4.69, 9.17) is 11.6 Å². The van der Waals surface area contributed by atoms with E-state index in [1.807, 2.05) is 0 Å². The topological polar surface area (TPSA) is 30.0 Å². The fourth-order valence-electron chi connectivity index (χ4n) is 1.43. The summed E-state index contributed by atoms with van der Waals surface area (Å²) in [5.74, 6) is -0.410. The number of aromatic nitrogens is 1. The molecule has 0 spiro atoms. The number of carbonyl (C=O) groups is 1. The number of aldehydes is 1. The van der Waals surface area contributed by atoms with Crippen LogP contribution in [0.5, 0.6) is 0 Å². The van der Waals surface area contributed by atoms with Crippen LogP contribution in [0, 0.1) is 5.82 Å². The molecular formula is C11H7ClFNO. The van der Waals surface area contributed by atoms with Crippen LogP contribution in [0.4, 0.5) is 4.39 Å². The Labute approximate surface area is 90.7 Å². The summed E-state index contributed by atoms with van der Waals surface area (Å²) in [4.78, 5) is 14.3. The number of hydrogen-bond acceptors (Lipinski definition) is 2. The molecule has 0 radical (unpaired) electrons. The van der Waals surface area contributed by atoms with Gasteiger partial charge in [0.1, 0.15) is 17.6 Å². The van der Waals surface area contributed by atoms with E-state index in [1.165, 1.54) is 12.3 Å². The lowest BCUT2D eigenvalue weighted by molar-refractivity contribution is -0.107. The number of benzene rings is 1. The predicted octanol–water partition coefficient (Wildman–Crippen LogP) is 2.77. The van der Waals surface area contributed by atoms with Gasteiger partial charge in [0, 0.05) is 18.0 Å². The molecule has 0 bridgehead atoms. The summed E-state index contributed by atoms with van der Waals surface area (Å²) in [5.41, 5.74) is 0.849. The van der Waals surface area contributed by atoms with Crippen LogP contribution in [0.15, 0.2) is 24.4 Å². The van der Waals surface area contributed by atoms with Crippen molar-refractivity contribution in [1.82, 2.24) is 4.98 Å². The number of halogens is 2. The van der Waals surface area contributed by atoms with Gasteiger partial charge in [0.2, 0.25) is 0 Å². The Hall–Kier alpha value is -1.48. The van der Waals surface area contributed by atoms with Crippen molar-refractivity contribution in [3.05, 3.63) is 40.8 Å². The summed E-state index contributed by atoms with van der Waals surface area (Å²) in [7, 11) is 0. The Balaban J connectivity index is 2.73. The number of pyridine rings is 1. The molecule has 2 aromatic rings. The molecule has 0 N–H and O–H groups in total. The van der Waals surface area contributed by atoms with E-state index in [1.54, 1.807) is 12.1 Å². The first-order valence-electron chi connectivity index (χ1n) is 4.39. The summed E-state index contributed by atoms with van der Waals surface area (Å²) in [6, 6.07) is 4.57. The molecule has 15 heavy (non-hydrogen) atoms. The number of rotatable bonds is 2. The number of carbonyl (C=O) groups excluding carboxylic acids is 1. The minimum atomic E-state index is -0.410. The molecule has 0 unspecified atom stereocenters. The van der Waals surface area contributed by atoms with E-state index in [9.17, 15) is 9.18 Å². The van der Waals surface area contributed by atoms with Crippen LogP contribution in [0.25, 0.3) is 10.9 Å². The SMILES string of the molecule is O=CCc1cnc2c(F)cccc2c1Cl. The van der Waals surface area contributed by atoms with Gasteiger partial charge >= 0.3 is 0 Å². The lowest BCUT2D eigenvalue weighted by Gasteiger charge is -2.04. The van der Waals surface area contributed by atoms with Crippen molar-refractivity contribution in [2.75, 3.05) is 0 Å². The summed E-state index contributed by atoms with van der Waals surface area (Å²) in [6.45, 7) is 0. The summed E-state index contributed by atoms with van der Waals surface area (Å²) in [6.07, 6.45) is 2.37. The van der Waals surface area contributed by atoms with Gasteiger partial charge in [-0.3, -0.25) is 4.98 Å². The van der Waals surface area contributed by atoms with Crippen LogP contribution in [0.3, 0.4) is 0 Å². The van der Waals surface area contributed by atoms with Crippen LogP contribution in [0.2, 0.25) is 5.02 Å². The number of fused-ring (bicyclic) bond motifs is 1. The first-order chi connectivity index (χ1) is 7.24. The van der Waals surface area contributed by atoms with E-state index in [0.717, 1.165) is 6.29 Å². The number of hydrogen-bond donors (Lipinski definition) is 0. The predicted molar refractivity (Wildman–Crippen MR) is 56.5 cm³/mol. The van der Waals surface area contributed by atoms with E-state index < -0.39 is 5.82 Å². The smallest absolute Gasteiger partial charge is 0.149 e. The Kier molecular flexibility index (Phi) is 2.64. The number of para-hydroxylation sites is 1. The molecule has 1 aromatic heterocycles. The Morgan fingerprint density at radius 2 is 2.27 bits per heavy atom. The molecule has 4 heteroatoms. The second-order valence-corrected chi connectivity index (χ2v) is 3.48. The second kappa shape index (κ2) is 3.95. The molecule has 1 aromatic carbocycles. The molecule has 0 aliphatic carbocycles. The molecule has 0 amide bonds. The normalized spacial score (nSPS) is 10.5. The van der Waals surface area contributed by atoms with Gasteiger partial charge < -0.3 is 4.79 Å². The molecule has 0 saturated heterocycles. The fraction of sp³-hybridized carbons (Fsp3) is 0.0909. The monoisotopic (exact) mass is 223 g/mol. The molecule has 76 valence electrons. The van der Waals surface area contributed by atoms with E-state index >= 15 is 0 Å². The molecular weight excluding hydrogens is 217 g/mol. The van der Waals surface area contributed by atoms with Gasteiger partial charge in [-0.25, -0.2) is 4.39 Å². The van der Waals surface area contributed by atoms with Crippen LogP contribution in [-0.2, 0) is 11.2 Å². The Morgan fingerprint density at radius 1 is 1.47 bits per heavy atom. The van der Waals surface area contributed by atoms with Crippen molar-refractivity contribution in [3.8, 4) is 0 Å². The zero-order valence-electron chi connectivity index (χ0n) is 7.71. The molecule has 0 aliphatic heterocycles. The lowest BCUT2D eigenvalue weighted by atomic mass is 10.1. The fourth-order valence-corrected chi connectivity index (χ4v) is 1.71. The van der Waals surface area contributed by atoms with Crippen molar-refractivity contribution in [1.29, 1.82) is 0 Å². The first kappa shape index (κ1) is 10.1. The van der Waals surface area contributed by atoms with Gasteiger partial charge in [-0.15, -0.1) is 0 Å². The zero-order chi connectivity index (χ0) is 10.8. The number of nitrogens with zero attached hydrogens (tertiary/aromatic N) is 1. The summed E-state index contributed by atoms with van der Waals surface area (Å²) in [5, 5.41) is 0.933. The largest absolute Gasteiger partial charge is 0.303 e. The molecule has 0 saturated carbocycles. The third kappa shape index (κ3) is 1.70. The Morgan fingerprint density at radius 3 is 3.00 bits per heavy atom. The average molecular weight is 224 g/mol. The lowest BCUT2D eigenvalue weighted by Crippen LogP contribution is -1.92. The van der Waals surface area contributed by atoms with Crippen molar-refractivity contribution in [2.24, 2.45) is 0 Å². The van der Waals surface area contributed by atoms with Gasteiger partial charge in [0.25, 0.3) is 0 Å². The molecule has 0 fully saturated rings. The maximum absolute atomic E-state index is 13.3. The summed E-state index contributed by atoms with van der Waals surface area (Å²) < 4.78 is 13.3. The van der Waals surface area contributed by atoms with Gasteiger partial charge in [-0.2, -0.15) is 0 Å². The van der Waals surface area contributed by atoms with Crippen molar-refractivity contribution >= 4 is 28.8 Å². The molecule has 0 atom stereocenters. The zero-order valence-corrected chi connectivity index (χ0v) is 8.46. The maximum Gasteiger partial charge on any atom is 0.149 e. The molecule has 2 rings (SSSR count). The van der Waals surface area contributed by atoms with E-state index in [-0.39, 0.29) is 11.9 Å². The highest BCUT2D eigenvalue weighted by Gasteiger charge is 2.08. The third-order valence-electron chi connectivity index (χ3n) is 2.16. The van der Waals surface area contributed by atoms with Gasteiger partial charge in [0.05, 0.1) is 5.02 Å². The quantitative estimate of drug-likeness (QED) is 0.733. The van der Waals surface area contributed by atoms with Crippen LogP contribution >= 0.6 is 11.6 Å². The van der Waals surface area contributed by atoms with Crippen molar-refractivity contribution in [3.63, 3.8) is 0 Å². The minimum absolute atomic E-state index is 0.193. The van der Waals surface area contributed by atoms with Crippen LogP contribution in [-0.4, -0.2) is 11.3 Å². The Bertz CT molecular complexity index is 527. The maximum atomic E-state index is 13.3. The molecule has 2 nitrogen and oxygen atoms in total. The highest BCUT2D eigenvalue weighted by atomic mass is 35.5. The molecule has 1 heterocycles. The standard InChI is InChI=1S/C11H7ClFNO/c12-10-7(4-5-15)6-14-11-8(10)2-1-3-9(11)13/h1-3,5-6H,4H2. The highest BCUT2D eigenvalue weighted by Crippen LogP contribution is 2.26. The summed E-state index contributed by atoms with van der Waals surface area (Å²) >= 11 is 6.03. The van der Waals surface area contributed by atoms with E-state index in [2.05, 4.69) is 4.98 Å². The van der Waals surface area contributed by atoms with Gasteiger partial charge in [-0.05, 0) is 11.6 Å². The van der Waals surface area contributed by atoms with Crippen molar-refractivity contribution < 1.29 is 9.18 Å². The highest BCUT2D eigenvalue weighted by molar-refractivity contribution is 6.36. The molecule has 0 aliphatic rings. The van der Waals surface area contributed by atoms with Crippen LogP contribution < -0.4 is 0 Å². The van der Waals surface area contributed by atoms with Crippen molar-refractivity contribution in [2.45, 2.75) is 6.42 Å². The van der Waals surface area contributed by atoms with Gasteiger partial charge in [-0.1, -0.05) is 23.7 Å². The van der Waals surface area contributed by atoms with Gasteiger partial charge in [0.15, 0.2) is 0 Å². The third-order valence-corrected chi connectivity index (χ3v) is 2.60. The van der Waals surface area contributed by atoms with E-state index in [0.29, 0.717) is 16.0 Å². The minimum Gasteiger partial charge on any atom is -0.303 e. The average Bonchev–Trinajstić information content (AvgIpc) is 2.23. The first-order valence-corrected chi connectivity index (χ1v) is 4.77. The van der Waals surface area contributed by atoms with Crippen LogP contribution in [0.1, 0.15) is 5.56 Å².